The Morgan fingerprint density at radius 3 is 2.43 bits per heavy atom. The third kappa shape index (κ3) is 3.51. The molecule has 0 aliphatic heterocycles. The number of hydrogen-bond acceptors (Lipinski definition) is 6. The molecule has 0 amide bonds. The SMILES string of the molecule is CCN(c1cccc(S(=O)(=O)NC2(CF)CC2)c1N=O)N(C)C. The highest BCUT2D eigenvalue weighted by Crippen LogP contribution is 2.40. The molecule has 1 aliphatic carbocycles. The van der Waals surface area contributed by atoms with E-state index < -0.39 is 22.2 Å². The second kappa shape index (κ2) is 6.50. The number of hydrazine groups is 1. The molecule has 0 bridgehead atoms. The van der Waals surface area contributed by atoms with Crippen LogP contribution in [0.25, 0.3) is 0 Å². The Morgan fingerprint density at radius 1 is 1.35 bits per heavy atom. The van der Waals surface area contributed by atoms with E-state index in [1.165, 1.54) is 6.07 Å². The van der Waals surface area contributed by atoms with Crippen LogP contribution in [0.2, 0.25) is 0 Å². The molecule has 0 aromatic heterocycles. The highest BCUT2D eigenvalue weighted by Gasteiger charge is 2.47. The van der Waals surface area contributed by atoms with Crippen LogP contribution in [0.4, 0.5) is 15.8 Å². The van der Waals surface area contributed by atoms with E-state index in [1.54, 1.807) is 36.2 Å². The quantitative estimate of drug-likeness (QED) is 0.577. The number of nitrogens with one attached hydrogen (secondary N) is 1. The Morgan fingerprint density at radius 2 is 2.00 bits per heavy atom. The van der Waals surface area contributed by atoms with Crippen molar-refractivity contribution in [3.8, 4) is 0 Å². The molecule has 1 saturated carbocycles. The highest BCUT2D eigenvalue weighted by molar-refractivity contribution is 7.89. The maximum absolute atomic E-state index is 13.0. The van der Waals surface area contributed by atoms with Crippen molar-refractivity contribution in [2.24, 2.45) is 5.18 Å². The van der Waals surface area contributed by atoms with E-state index in [4.69, 9.17) is 0 Å². The second-order valence-electron chi connectivity index (χ2n) is 5.80. The Bertz CT molecular complexity index is 689. The summed E-state index contributed by atoms with van der Waals surface area (Å²) in [5.74, 6) is 0. The molecule has 23 heavy (non-hydrogen) atoms. The van der Waals surface area contributed by atoms with Crippen LogP contribution in [-0.2, 0) is 10.0 Å². The van der Waals surface area contributed by atoms with Gasteiger partial charge in [0.25, 0.3) is 0 Å². The average Bonchev–Trinajstić information content (AvgIpc) is 3.26. The van der Waals surface area contributed by atoms with Gasteiger partial charge in [-0.3, -0.25) is 0 Å². The molecule has 0 unspecified atom stereocenters. The van der Waals surface area contributed by atoms with Gasteiger partial charge >= 0.3 is 0 Å². The molecule has 0 spiro atoms. The molecular weight excluding hydrogens is 323 g/mol. The lowest BCUT2D eigenvalue weighted by Crippen LogP contribution is -2.39. The summed E-state index contributed by atoms with van der Waals surface area (Å²) in [6.45, 7) is 1.63. The zero-order valence-corrected chi connectivity index (χ0v) is 14.2. The molecule has 7 nitrogen and oxygen atoms in total. The largest absolute Gasteiger partial charge is 0.304 e. The van der Waals surface area contributed by atoms with Crippen molar-refractivity contribution < 1.29 is 12.8 Å². The third-order valence-corrected chi connectivity index (χ3v) is 5.49. The van der Waals surface area contributed by atoms with Crippen LogP contribution in [0, 0.1) is 4.91 Å². The molecule has 1 aromatic carbocycles. The molecule has 1 aromatic rings. The first-order valence-electron chi connectivity index (χ1n) is 7.31. The van der Waals surface area contributed by atoms with Gasteiger partial charge in [-0.25, -0.2) is 22.5 Å². The standard InChI is InChI=1S/C14H21FN4O3S/c1-4-19(18(2)3)11-6-5-7-12(13(11)16-20)23(21,22)17-14(10-15)8-9-14/h5-7,17H,4,8-10H2,1-3H3. The average molecular weight is 344 g/mol. The molecule has 0 heterocycles. The summed E-state index contributed by atoms with van der Waals surface area (Å²) in [6.07, 6.45) is 0.899. The Kier molecular flexibility index (Phi) is 5.02. The van der Waals surface area contributed by atoms with Gasteiger partial charge in [0.05, 0.1) is 11.2 Å². The zero-order valence-electron chi connectivity index (χ0n) is 13.4. The van der Waals surface area contributed by atoms with E-state index in [9.17, 15) is 17.7 Å². The van der Waals surface area contributed by atoms with Gasteiger partial charge in [-0.05, 0) is 37.1 Å². The smallest absolute Gasteiger partial charge is 0.243 e. The van der Waals surface area contributed by atoms with Crippen LogP contribution in [-0.4, -0.2) is 46.3 Å². The first-order chi connectivity index (χ1) is 10.8. The van der Waals surface area contributed by atoms with Crippen LogP contribution >= 0.6 is 0 Å². The summed E-state index contributed by atoms with van der Waals surface area (Å²) in [5, 5.41) is 6.39. The van der Waals surface area contributed by atoms with E-state index in [-0.39, 0.29) is 10.6 Å². The maximum atomic E-state index is 13.0. The summed E-state index contributed by atoms with van der Waals surface area (Å²) in [6, 6.07) is 4.47. The minimum Gasteiger partial charge on any atom is -0.304 e. The minimum absolute atomic E-state index is 0.176. The van der Waals surface area contributed by atoms with Crippen LogP contribution in [0.5, 0.6) is 0 Å². The van der Waals surface area contributed by atoms with Crippen molar-refractivity contribution in [2.45, 2.75) is 30.2 Å². The van der Waals surface area contributed by atoms with Gasteiger partial charge in [0.1, 0.15) is 11.6 Å². The van der Waals surface area contributed by atoms with E-state index in [0.717, 1.165) is 0 Å². The Labute approximate surface area is 135 Å². The third-order valence-electron chi connectivity index (χ3n) is 3.88. The lowest BCUT2D eigenvalue weighted by Gasteiger charge is -2.30. The fourth-order valence-electron chi connectivity index (χ4n) is 2.45. The van der Waals surface area contributed by atoms with Crippen molar-refractivity contribution in [1.82, 2.24) is 9.73 Å². The molecular formula is C14H21FN4O3S. The first kappa shape index (κ1) is 17.8. The molecule has 128 valence electrons. The monoisotopic (exact) mass is 344 g/mol. The number of nitroso groups, excluding NO2 is 1. The van der Waals surface area contributed by atoms with Crippen LogP contribution in [0.3, 0.4) is 0 Å². The maximum Gasteiger partial charge on any atom is 0.243 e. The van der Waals surface area contributed by atoms with E-state index in [0.29, 0.717) is 25.1 Å². The van der Waals surface area contributed by atoms with Crippen LogP contribution < -0.4 is 9.73 Å². The molecule has 0 atom stereocenters. The van der Waals surface area contributed by atoms with Gasteiger partial charge < -0.3 is 5.01 Å². The number of nitrogens with zero attached hydrogens (tertiary/aromatic N) is 3. The van der Waals surface area contributed by atoms with Gasteiger partial charge in [-0.15, -0.1) is 4.91 Å². The molecule has 0 radical (unpaired) electrons. The number of benzene rings is 1. The molecule has 2 rings (SSSR count). The van der Waals surface area contributed by atoms with E-state index >= 15 is 0 Å². The molecule has 1 N–H and O–H groups in total. The topological polar surface area (TPSA) is 82.1 Å². The summed E-state index contributed by atoms with van der Waals surface area (Å²) in [4.78, 5) is 11.1. The van der Waals surface area contributed by atoms with Gasteiger partial charge in [0.2, 0.25) is 10.0 Å². The van der Waals surface area contributed by atoms with Crippen LogP contribution in [0.1, 0.15) is 19.8 Å². The molecule has 9 heteroatoms. The predicted molar refractivity (Wildman–Crippen MR) is 86.9 cm³/mol. The highest BCUT2D eigenvalue weighted by atomic mass is 32.2. The van der Waals surface area contributed by atoms with E-state index in [1.807, 2.05) is 6.92 Å². The van der Waals surface area contributed by atoms with Crippen molar-refractivity contribution in [3.05, 3.63) is 23.1 Å². The van der Waals surface area contributed by atoms with Crippen molar-refractivity contribution >= 4 is 21.4 Å². The molecule has 1 aliphatic rings. The fourth-order valence-corrected chi connectivity index (χ4v) is 4.04. The van der Waals surface area contributed by atoms with Gasteiger partial charge in [0.15, 0.2) is 5.69 Å². The first-order valence-corrected chi connectivity index (χ1v) is 8.79. The Balaban J connectivity index is 2.49. The lowest BCUT2D eigenvalue weighted by atomic mass is 10.2. The summed E-state index contributed by atoms with van der Waals surface area (Å²) in [7, 11) is -0.474. The zero-order chi connectivity index (χ0) is 17.3. The van der Waals surface area contributed by atoms with E-state index in [2.05, 4.69) is 9.90 Å². The lowest BCUT2D eigenvalue weighted by molar-refractivity contribution is 0.376. The number of rotatable bonds is 8. The van der Waals surface area contributed by atoms with Crippen molar-refractivity contribution in [3.63, 3.8) is 0 Å². The number of anilines is 1. The summed E-state index contributed by atoms with van der Waals surface area (Å²) in [5.41, 5.74) is -0.813. The van der Waals surface area contributed by atoms with Gasteiger partial charge in [-0.1, -0.05) is 6.07 Å². The fraction of sp³-hybridized carbons (Fsp3) is 0.571. The Hall–Kier alpha value is -1.58. The van der Waals surface area contributed by atoms with Crippen molar-refractivity contribution in [2.75, 3.05) is 32.3 Å². The number of sulfonamides is 1. The normalized spacial score (nSPS) is 16.4. The second-order valence-corrected chi connectivity index (χ2v) is 7.45. The molecule has 0 saturated heterocycles. The number of hydrogen-bond donors (Lipinski definition) is 1. The molecule has 1 fully saturated rings. The predicted octanol–water partition coefficient (Wildman–Crippen LogP) is 2.17. The number of halogens is 1. The van der Waals surface area contributed by atoms with Gasteiger partial charge in [-0.2, -0.15) is 0 Å². The van der Waals surface area contributed by atoms with Gasteiger partial charge in [0, 0.05) is 20.6 Å². The van der Waals surface area contributed by atoms with Crippen molar-refractivity contribution in [1.29, 1.82) is 0 Å². The summed E-state index contributed by atoms with van der Waals surface area (Å²) < 4.78 is 40.5. The number of alkyl halides is 1. The minimum atomic E-state index is -4.03. The van der Waals surface area contributed by atoms with Crippen LogP contribution in [0.15, 0.2) is 28.3 Å². The summed E-state index contributed by atoms with van der Waals surface area (Å²) >= 11 is 0.